The highest BCUT2D eigenvalue weighted by Gasteiger charge is 2.29. The van der Waals surface area contributed by atoms with Crippen LogP contribution in [0.5, 0.6) is 0 Å². The summed E-state index contributed by atoms with van der Waals surface area (Å²) in [6.07, 6.45) is 2.52. The molecule has 0 aromatic heterocycles. The Hall–Kier alpha value is 0.0569. The minimum atomic E-state index is -1.46. The van der Waals surface area contributed by atoms with E-state index < -0.39 is 8.32 Å². The van der Waals surface area contributed by atoms with E-state index >= 15 is 0 Å². The van der Waals surface area contributed by atoms with Crippen molar-refractivity contribution >= 4 is 8.32 Å². The maximum absolute atomic E-state index is 5.97. The molecule has 22 heavy (non-hydrogen) atoms. The van der Waals surface area contributed by atoms with Gasteiger partial charge in [0.1, 0.15) is 0 Å². The van der Waals surface area contributed by atoms with Gasteiger partial charge in [-0.1, -0.05) is 13.8 Å². The third-order valence-corrected chi connectivity index (χ3v) is 9.34. The molecule has 4 nitrogen and oxygen atoms in total. The van der Waals surface area contributed by atoms with Crippen molar-refractivity contribution in [3.63, 3.8) is 0 Å². The molecule has 0 saturated heterocycles. The van der Waals surface area contributed by atoms with Crippen LogP contribution in [0.3, 0.4) is 0 Å². The lowest BCUT2D eigenvalue weighted by Gasteiger charge is -2.31. The molecule has 0 unspecified atom stereocenters. The van der Waals surface area contributed by atoms with Gasteiger partial charge >= 0.3 is 0 Å². The van der Waals surface area contributed by atoms with E-state index in [-0.39, 0.29) is 0 Å². The van der Waals surface area contributed by atoms with E-state index in [0.717, 1.165) is 0 Å². The maximum atomic E-state index is 5.97. The molecular formula is C17H41N3OSi. The summed E-state index contributed by atoms with van der Waals surface area (Å²) in [6, 6.07) is 3.76. The first-order valence-corrected chi connectivity index (χ1v) is 11.5. The molecule has 0 rings (SSSR count). The summed E-state index contributed by atoms with van der Waals surface area (Å²) in [6.45, 7) is 10.6. The van der Waals surface area contributed by atoms with Crippen molar-refractivity contribution in [1.82, 2.24) is 14.7 Å². The van der Waals surface area contributed by atoms with Gasteiger partial charge in [-0.3, -0.25) is 0 Å². The molecule has 0 aromatic rings. The van der Waals surface area contributed by atoms with Crippen molar-refractivity contribution in [3.05, 3.63) is 0 Å². The molecule has 0 bridgehead atoms. The molecular weight excluding hydrogens is 290 g/mol. The van der Waals surface area contributed by atoms with Crippen molar-refractivity contribution in [2.45, 2.75) is 44.8 Å². The van der Waals surface area contributed by atoms with E-state index in [9.17, 15) is 0 Å². The van der Waals surface area contributed by atoms with Crippen molar-refractivity contribution in [2.24, 2.45) is 0 Å². The van der Waals surface area contributed by atoms with Crippen molar-refractivity contribution in [3.8, 4) is 0 Å². The SMILES string of the molecule is CC[Si](CC)(CCN(CCCN(C)C)CCCN(C)C)OC. The molecule has 134 valence electrons. The summed E-state index contributed by atoms with van der Waals surface area (Å²) in [5.41, 5.74) is 0. The zero-order valence-electron chi connectivity index (χ0n) is 16.3. The Labute approximate surface area is 140 Å². The minimum Gasteiger partial charge on any atom is -0.420 e. The first kappa shape index (κ1) is 22.1. The van der Waals surface area contributed by atoms with Gasteiger partial charge in [0.2, 0.25) is 0 Å². The van der Waals surface area contributed by atoms with E-state index in [4.69, 9.17) is 4.43 Å². The fourth-order valence-electron chi connectivity index (χ4n) is 2.91. The summed E-state index contributed by atoms with van der Waals surface area (Å²) >= 11 is 0. The van der Waals surface area contributed by atoms with Crippen molar-refractivity contribution in [2.75, 3.05) is 68.0 Å². The van der Waals surface area contributed by atoms with E-state index in [1.54, 1.807) is 0 Å². The lowest BCUT2D eigenvalue weighted by Crippen LogP contribution is -2.40. The second-order valence-corrected chi connectivity index (χ2v) is 11.7. The van der Waals surface area contributed by atoms with Crippen molar-refractivity contribution < 1.29 is 4.43 Å². The van der Waals surface area contributed by atoms with Gasteiger partial charge in [0, 0.05) is 7.11 Å². The summed E-state index contributed by atoms with van der Waals surface area (Å²) in [5, 5.41) is 0. The Balaban J connectivity index is 4.36. The lowest BCUT2D eigenvalue weighted by molar-refractivity contribution is 0.246. The van der Waals surface area contributed by atoms with Crippen LogP contribution in [-0.2, 0) is 4.43 Å². The van der Waals surface area contributed by atoms with Crippen LogP contribution >= 0.6 is 0 Å². The average Bonchev–Trinajstić information content (AvgIpc) is 2.47. The van der Waals surface area contributed by atoms with Crippen LogP contribution in [0, 0.1) is 0 Å². The highest BCUT2D eigenvalue weighted by Crippen LogP contribution is 2.21. The van der Waals surface area contributed by atoms with Gasteiger partial charge in [-0.2, -0.15) is 0 Å². The molecule has 0 aliphatic rings. The Morgan fingerprint density at radius 2 is 1.18 bits per heavy atom. The van der Waals surface area contributed by atoms with Gasteiger partial charge in [0.05, 0.1) is 0 Å². The van der Waals surface area contributed by atoms with Crippen LogP contribution in [-0.4, -0.2) is 91.0 Å². The molecule has 0 amide bonds. The quantitative estimate of drug-likeness (QED) is 0.456. The zero-order chi connectivity index (χ0) is 17.0. The van der Waals surface area contributed by atoms with Gasteiger partial charge < -0.3 is 19.1 Å². The molecule has 5 heteroatoms. The number of nitrogens with zero attached hydrogens (tertiary/aromatic N) is 3. The molecule has 0 spiro atoms. The predicted octanol–water partition coefficient (Wildman–Crippen LogP) is 2.82. The van der Waals surface area contributed by atoms with Crippen LogP contribution in [0.1, 0.15) is 26.7 Å². The number of rotatable bonds is 14. The van der Waals surface area contributed by atoms with E-state index in [1.165, 1.54) is 63.7 Å². The molecule has 0 atom stereocenters. The Bertz CT molecular complexity index is 236. The minimum absolute atomic E-state index is 1.18. The third-order valence-electron chi connectivity index (χ3n) is 4.76. The predicted molar refractivity (Wildman–Crippen MR) is 101 cm³/mol. The monoisotopic (exact) mass is 331 g/mol. The van der Waals surface area contributed by atoms with E-state index in [0.29, 0.717) is 0 Å². The molecule has 0 aliphatic carbocycles. The summed E-state index contributed by atoms with van der Waals surface area (Å²) in [4.78, 5) is 7.23. The van der Waals surface area contributed by atoms with Gasteiger partial charge in [-0.25, -0.2) is 0 Å². The van der Waals surface area contributed by atoms with Crippen LogP contribution in [0.2, 0.25) is 18.1 Å². The van der Waals surface area contributed by atoms with Crippen molar-refractivity contribution in [1.29, 1.82) is 0 Å². The van der Waals surface area contributed by atoms with Gasteiger partial charge in [0.25, 0.3) is 0 Å². The molecule has 0 aliphatic heterocycles. The second kappa shape index (κ2) is 12.5. The summed E-state index contributed by atoms with van der Waals surface area (Å²) in [5.74, 6) is 0. The largest absolute Gasteiger partial charge is 0.420 e. The molecule has 0 aromatic carbocycles. The fourth-order valence-corrected chi connectivity index (χ4v) is 5.62. The third kappa shape index (κ3) is 9.95. The van der Waals surface area contributed by atoms with E-state index in [1.807, 2.05) is 7.11 Å². The van der Waals surface area contributed by atoms with Gasteiger partial charge in [-0.05, 0) is 91.9 Å². The highest BCUT2D eigenvalue weighted by atomic mass is 28.4. The Kier molecular flexibility index (Phi) is 12.5. The van der Waals surface area contributed by atoms with Crippen LogP contribution in [0.15, 0.2) is 0 Å². The summed E-state index contributed by atoms with van der Waals surface area (Å²) in [7, 11) is 9.11. The maximum Gasteiger partial charge on any atom is 0.192 e. The molecule has 0 fully saturated rings. The Morgan fingerprint density at radius 3 is 1.50 bits per heavy atom. The Morgan fingerprint density at radius 1 is 0.727 bits per heavy atom. The molecule has 0 heterocycles. The number of hydrogen-bond acceptors (Lipinski definition) is 4. The first-order chi connectivity index (χ1) is 10.4. The van der Waals surface area contributed by atoms with Crippen LogP contribution in [0.25, 0.3) is 0 Å². The smallest absolute Gasteiger partial charge is 0.192 e. The summed E-state index contributed by atoms with van der Waals surface area (Å²) < 4.78 is 5.97. The topological polar surface area (TPSA) is 19.0 Å². The fraction of sp³-hybridized carbons (Fsp3) is 1.00. The van der Waals surface area contributed by atoms with Crippen LogP contribution in [0.4, 0.5) is 0 Å². The average molecular weight is 332 g/mol. The highest BCUT2D eigenvalue weighted by molar-refractivity contribution is 6.73. The standard InChI is InChI=1S/C17H41N3OSi/c1-8-22(9-2,21-7)17-16-20(14-10-12-18(3)4)15-11-13-19(5)6/h8-17H2,1-7H3. The molecule has 0 saturated carbocycles. The lowest BCUT2D eigenvalue weighted by atomic mass is 10.3. The number of hydrogen-bond donors (Lipinski definition) is 0. The van der Waals surface area contributed by atoms with Gasteiger partial charge in [0.15, 0.2) is 8.32 Å². The first-order valence-electron chi connectivity index (χ1n) is 8.96. The molecule has 0 N–H and O–H groups in total. The normalized spacial score (nSPS) is 12.8. The van der Waals surface area contributed by atoms with Crippen LogP contribution < -0.4 is 0 Å². The van der Waals surface area contributed by atoms with E-state index in [2.05, 4.69) is 56.7 Å². The second-order valence-electron chi connectivity index (χ2n) is 7.00. The molecule has 0 radical (unpaired) electrons. The van der Waals surface area contributed by atoms with Gasteiger partial charge in [-0.15, -0.1) is 0 Å². The zero-order valence-corrected chi connectivity index (χ0v) is 17.3.